The van der Waals surface area contributed by atoms with Crippen molar-refractivity contribution in [3.8, 4) is 0 Å². The van der Waals surface area contributed by atoms with Gasteiger partial charge in [-0.3, -0.25) is 0 Å². The Balaban J connectivity index is 1.10. The average Bonchev–Trinajstić information content (AvgIpc) is 0.793. The van der Waals surface area contributed by atoms with E-state index in [-0.39, 0.29) is 25.7 Å². The van der Waals surface area contributed by atoms with Crippen LogP contribution in [0.1, 0.15) is 192 Å². The smallest absolute Gasteiger partial charge is 0.187 e. The van der Waals surface area contributed by atoms with Crippen molar-refractivity contribution in [2.45, 2.75) is 439 Å². The maximum absolute atomic E-state index is 12.2. The van der Waals surface area contributed by atoms with E-state index in [4.69, 9.17) is 75.8 Å². The second kappa shape index (κ2) is 57.2. The Hall–Kier alpha value is -2.54. The van der Waals surface area contributed by atoms with Crippen LogP contribution in [0.5, 0.6) is 0 Å². The van der Waals surface area contributed by atoms with Crippen LogP contribution in [0.4, 0.5) is 0 Å². The molecule has 8 saturated heterocycles. The number of aliphatic hydroxyl groups excluding tert-OH is 28. The molecule has 1 aromatic rings. The van der Waals surface area contributed by atoms with Crippen molar-refractivity contribution in [3.63, 3.8) is 0 Å². The van der Waals surface area contributed by atoms with E-state index in [1.165, 1.54) is 0 Å². The molecule has 9 rings (SSSR count). The number of aliphatic hydroxyl groups is 28. The summed E-state index contributed by atoms with van der Waals surface area (Å²) >= 11 is 0. The highest BCUT2D eigenvalue weighted by molar-refractivity contribution is 5.26. The normalized spacial score (nSPS) is 40.6. The third-order valence-electron chi connectivity index (χ3n) is 27.3. The summed E-state index contributed by atoms with van der Waals surface area (Å²) in [6.45, 7) is -5.09. The van der Waals surface area contributed by atoms with Gasteiger partial charge in [0.05, 0.1) is 79.3 Å². The number of hydrogen-bond acceptors (Lipinski definition) is 44. The van der Waals surface area contributed by atoms with Gasteiger partial charge in [-0.25, -0.2) is 0 Å². The minimum Gasteiger partial charge on any atom is -0.394 e. The molecular formula is C90H158O44. The lowest BCUT2D eigenvalue weighted by Crippen LogP contribution is -2.65. The number of unbranched alkanes of at least 4 members (excludes halogenated alkanes) is 22. The lowest BCUT2D eigenvalue weighted by molar-refractivity contribution is -0.365. The highest BCUT2D eigenvalue weighted by Crippen LogP contribution is 2.43. The van der Waals surface area contributed by atoms with Crippen molar-refractivity contribution in [1.82, 2.24) is 0 Å². The molecule has 40 atom stereocenters. The minimum absolute atomic E-state index is 0.114. The van der Waals surface area contributed by atoms with Crippen LogP contribution >= 0.6 is 0 Å². The quantitative estimate of drug-likeness (QED) is 0.0270. The minimum atomic E-state index is -2.08. The van der Waals surface area contributed by atoms with Crippen molar-refractivity contribution in [3.05, 3.63) is 35.4 Å². The molecule has 0 aliphatic carbocycles. The Bertz CT molecular complexity index is 2960. The van der Waals surface area contributed by atoms with Gasteiger partial charge in [-0.05, 0) is 36.8 Å². The van der Waals surface area contributed by atoms with Gasteiger partial charge in [0.2, 0.25) is 0 Å². The zero-order valence-corrected chi connectivity index (χ0v) is 76.7. The van der Waals surface area contributed by atoms with Crippen molar-refractivity contribution in [1.29, 1.82) is 0 Å². The van der Waals surface area contributed by atoms with Gasteiger partial charge in [0.1, 0.15) is 195 Å². The maximum Gasteiger partial charge on any atom is 0.187 e. The first-order chi connectivity index (χ1) is 64.3. The number of rotatable bonds is 58. The van der Waals surface area contributed by atoms with E-state index >= 15 is 0 Å². The van der Waals surface area contributed by atoms with Crippen LogP contribution < -0.4 is 0 Å². The van der Waals surface area contributed by atoms with E-state index in [9.17, 15) is 143 Å². The van der Waals surface area contributed by atoms with Crippen LogP contribution in [0.15, 0.2) is 24.3 Å². The van der Waals surface area contributed by atoms with Crippen molar-refractivity contribution in [2.24, 2.45) is 10.8 Å². The topological polar surface area (TPSA) is 714 Å². The van der Waals surface area contributed by atoms with Gasteiger partial charge < -0.3 is 219 Å². The molecule has 44 nitrogen and oxygen atoms in total. The molecule has 0 saturated carbocycles. The molecule has 8 aliphatic heterocycles. The lowest BCUT2D eigenvalue weighted by atomic mass is 9.76. The first-order valence-corrected chi connectivity index (χ1v) is 48.2. The molecule has 44 heteroatoms. The lowest BCUT2D eigenvalue weighted by Gasteiger charge is -2.47. The monoisotopic (exact) mass is 1940 g/mol. The Morgan fingerprint density at radius 2 is 0.410 bits per heavy atom. The Morgan fingerprint density at radius 3 is 0.612 bits per heavy atom. The standard InChI is InChI=1S/C90H158O44/c1-3-5-7-9-11-13-15-17-19-21-23-25-30-89(43-119-81-73(115)65(107)77(53(39-95)127-81)131-85-69(111)61(103)57(99)49(35-91)123-85,44-120-82-74(116)66(108)78(54(40-96)128-82)132-86-70(112)62(104)58(100)50(36-92)124-86)33-47-28-27-29-48(32-47)34-90(31-26-24-22-20-18-16-14-12-10-8-6-4-2,45-121-83-75(117)67(109)79(55(41-97)129-83)133-87-71(113)63(105)59(101)51(37-93)125-87)46-122-84-76(118)68(110)80(56(42-98)130-84)134-88-72(114)64(106)60(102)52(38-94)126-88/h27-29,32,49-88,91-118H,3-26,30-31,33-46H2,1-2H3/t49?,50?,51?,52?,53?,54?,55?,56?,57-,58-,59-,60-,61+,62+,63+,64+,65-,66-,67-,68-,69?,70?,71?,72?,73?,74?,75?,76?,77-,78-,79-,80-,81-,82-,83-,84-,85+,86+,87+,88+,89?,90?/m1/s1. The third-order valence-corrected chi connectivity index (χ3v) is 27.3. The number of ether oxygens (including phenoxy) is 16. The van der Waals surface area contributed by atoms with Gasteiger partial charge in [0, 0.05) is 10.8 Å². The molecule has 0 bridgehead atoms. The summed E-state index contributed by atoms with van der Waals surface area (Å²) in [4.78, 5) is 0. The fraction of sp³-hybridized carbons (Fsp3) is 0.933. The summed E-state index contributed by atoms with van der Waals surface area (Å²) in [6.07, 6.45) is -51.8. The van der Waals surface area contributed by atoms with E-state index in [2.05, 4.69) is 13.8 Å². The van der Waals surface area contributed by atoms with Crippen molar-refractivity contribution in [2.75, 3.05) is 79.3 Å². The molecule has 8 heterocycles. The Morgan fingerprint density at radius 1 is 0.224 bits per heavy atom. The summed E-state index contributed by atoms with van der Waals surface area (Å²) in [5, 5.41) is 310. The molecule has 1 aromatic carbocycles. The van der Waals surface area contributed by atoms with E-state index in [0.717, 1.165) is 128 Å². The molecule has 0 aromatic heterocycles. The van der Waals surface area contributed by atoms with Crippen LogP contribution in [-0.2, 0) is 88.6 Å². The summed E-state index contributed by atoms with van der Waals surface area (Å²) in [5.74, 6) is 0. The van der Waals surface area contributed by atoms with Gasteiger partial charge in [-0.2, -0.15) is 0 Å². The molecule has 8 fully saturated rings. The molecule has 0 spiro atoms. The molecule has 8 aliphatic rings. The molecule has 16 unspecified atom stereocenters. The molecule has 134 heavy (non-hydrogen) atoms. The molecule has 0 amide bonds. The summed E-state index contributed by atoms with van der Waals surface area (Å²) < 4.78 is 97.3. The second-order valence-corrected chi connectivity index (χ2v) is 37.7. The molecular weight excluding hydrogens is 1780 g/mol. The van der Waals surface area contributed by atoms with Gasteiger partial charge >= 0.3 is 0 Å². The maximum atomic E-state index is 12.2. The Kier molecular flexibility index (Phi) is 49.1. The van der Waals surface area contributed by atoms with Gasteiger partial charge in [0.15, 0.2) is 50.3 Å². The first-order valence-electron chi connectivity index (χ1n) is 48.2. The zero-order chi connectivity index (χ0) is 97.7. The van der Waals surface area contributed by atoms with Gasteiger partial charge in [-0.15, -0.1) is 0 Å². The van der Waals surface area contributed by atoms with Crippen molar-refractivity contribution >= 4 is 0 Å². The van der Waals surface area contributed by atoms with Crippen LogP contribution in [-0.4, -0.2) is 468 Å². The first kappa shape index (κ1) is 115. The van der Waals surface area contributed by atoms with E-state index in [1.807, 2.05) is 0 Å². The SMILES string of the molecule is CCCCCCCCCCCCCCC(CO[C@@H]1OC(CO)[C@@H](O[C@@H]2OC(CO)[C@@H](O)[C@H](O)C2O)[C@H](O)C1O)(CO[C@@H]1OC(CO)[C@@H](O[C@@H]2OC(CO)[C@@H](O)[C@H](O)C2O)[C@H](O)C1O)Cc1cccc(CC(CCCCCCCCCCCCCC)(CO[C@@H]2OC(CO)[C@@H](O[C@@H]3OC(CO)[C@@H](O)[C@H](O)C3O)[C@H](O)C2O)CO[C@@H]2OC(CO)[C@@H](O[C@@H]3OC(CO)[C@@H](O)[C@H](O)C3O)[C@H](O)C2O)c1. The fourth-order valence-corrected chi connectivity index (χ4v) is 19.0. The van der Waals surface area contributed by atoms with Crippen LogP contribution in [0.25, 0.3) is 0 Å². The second-order valence-electron chi connectivity index (χ2n) is 37.7. The van der Waals surface area contributed by atoms with E-state index in [0.29, 0.717) is 36.8 Å². The highest BCUT2D eigenvalue weighted by Gasteiger charge is 2.58. The fourth-order valence-electron chi connectivity index (χ4n) is 19.0. The number of benzene rings is 1. The van der Waals surface area contributed by atoms with Crippen LogP contribution in [0, 0.1) is 10.8 Å². The van der Waals surface area contributed by atoms with Gasteiger partial charge in [-0.1, -0.05) is 192 Å². The highest BCUT2D eigenvalue weighted by atomic mass is 16.8. The summed E-state index contributed by atoms with van der Waals surface area (Å²) in [5.41, 5.74) is -1.97. The molecule has 0 radical (unpaired) electrons. The largest absolute Gasteiger partial charge is 0.394 e. The van der Waals surface area contributed by atoms with Crippen LogP contribution in [0.2, 0.25) is 0 Å². The third kappa shape index (κ3) is 30.8. The summed E-state index contributed by atoms with van der Waals surface area (Å²) in [6, 6.07) is 6.98. The molecule has 782 valence electrons. The summed E-state index contributed by atoms with van der Waals surface area (Å²) in [7, 11) is 0. The van der Waals surface area contributed by atoms with E-state index < -0.39 is 336 Å². The van der Waals surface area contributed by atoms with Gasteiger partial charge in [0.25, 0.3) is 0 Å². The predicted molar refractivity (Wildman–Crippen MR) is 460 cm³/mol. The van der Waals surface area contributed by atoms with Crippen molar-refractivity contribution < 1.29 is 219 Å². The predicted octanol–water partition coefficient (Wildman–Crippen LogP) is -6.51. The number of hydrogen-bond donors (Lipinski definition) is 28. The Labute approximate surface area is 780 Å². The zero-order valence-electron chi connectivity index (χ0n) is 76.7. The van der Waals surface area contributed by atoms with E-state index in [1.54, 1.807) is 24.3 Å². The average molecular weight is 1940 g/mol. The molecule has 28 N–H and O–H groups in total. The van der Waals surface area contributed by atoms with Crippen LogP contribution in [0.3, 0.4) is 0 Å².